The summed E-state index contributed by atoms with van der Waals surface area (Å²) in [5.74, 6) is 0. The Kier molecular flexibility index (Phi) is 3.22. The van der Waals surface area contributed by atoms with Crippen LogP contribution in [0.5, 0.6) is 0 Å². The van der Waals surface area contributed by atoms with Gasteiger partial charge in [-0.1, -0.05) is 0 Å². The summed E-state index contributed by atoms with van der Waals surface area (Å²) in [7, 11) is -4.17. The molecule has 6 heteroatoms. The van der Waals surface area contributed by atoms with E-state index >= 15 is 0 Å². The number of rotatable bonds is 0. The van der Waals surface area contributed by atoms with Gasteiger partial charge in [0.05, 0.1) is 0 Å². The van der Waals surface area contributed by atoms with Gasteiger partial charge in [-0.3, -0.25) is 4.55 Å². The van der Waals surface area contributed by atoms with Crippen LogP contribution in [0, 0.1) is 0 Å². The second-order valence-corrected chi connectivity index (χ2v) is 1.54. The fourth-order valence-electron chi connectivity index (χ4n) is 0. The highest BCUT2D eigenvalue weighted by Crippen LogP contribution is 1.50. The first-order valence-corrected chi connectivity index (χ1v) is 2.25. The van der Waals surface area contributed by atoms with Gasteiger partial charge >= 0.3 is 10.3 Å². The van der Waals surface area contributed by atoms with E-state index < -0.39 is 10.3 Å². The van der Waals surface area contributed by atoms with Crippen LogP contribution in [0.25, 0.3) is 0 Å². The maximum atomic E-state index is 8.97. The lowest BCUT2D eigenvalue weighted by Crippen LogP contribution is -2.08. The SMILES string of the molecule is NS(=O)(=O)O.O. The van der Waals surface area contributed by atoms with E-state index in [2.05, 4.69) is 5.14 Å². The summed E-state index contributed by atoms with van der Waals surface area (Å²) in [6.45, 7) is 0. The molecule has 0 bridgehead atoms. The van der Waals surface area contributed by atoms with E-state index in [1.54, 1.807) is 0 Å². The van der Waals surface area contributed by atoms with Gasteiger partial charge in [0, 0.05) is 0 Å². The lowest BCUT2D eigenvalue weighted by atomic mass is 13.9. The molecule has 0 unspecified atom stereocenters. The van der Waals surface area contributed by atoms with Crippen molar-refractivity contribution >= 4 is 10.3 Å². The van der Waals surface area contributed by atoms with E-state index in [1.165, 1.54) is 0 Å². The molecule has 0 rings (SSSR count). The Morgan fingerprint density at radius 2 is 1.50 bits per heavy atom. The van der Waals surface area contributed by atoms with Crippen molar-refractivity contribution in [2.24, 2.45) is 5.14 Å². The third kappa shape index (κ3) is 1060. The van der Waals surface area contributed by atoms with E-state index in [4.69, 9.17) is 13.0 Å². The Balaban J connectivity index is 0. The summed E-state index contributed by atoms with van der Waals surface area (Å²) >= 11 is 0. The van der Waals surface area contributed by atoms with Crippen molar-refractivity contribution in [3.8, 4) is 0 Å². The van der Waals surface area contributed by atoms with E-state index in [0.717, 1.165) is 0 Å². The summed E-state index contributed by atoms with van der Waals surface area (Å²) in [5, 5.41) is 3.88. The van der Waals surface area contributed by atoms with E-state index in [-0.39, 0.29) is 5.48 Å². The number of nitrogens with two attached hydrogens (primary N) is 1. The maximum Gasteiger partial charge on any atom is 0.330 e. The van der Waals surface area contributed by atoms with Crippen LogP contribution < -0.4 is 5.14 Å². The van der Waals surface area contributed by atoms with E-state index in [1.807, 2.05) is 0 Å². The monoisotopic (exact) mass is 115 g/mol. The van der Waals surface area contributed by atoms with Crippen LogP contribution in [0.4, 0.5) is 0 Å². The smallest absolute Gasteiger partial charge is 0.330 e. The topological polar surface area (TPSA) is 112 Å². The summed E-state index contributed by atoms with van der Waals surface area (Å²) in [4.78, 5) is 0. The molecule has 0 atom stereocenters. The summed E-state index contributed by atoms with van der Waals surface area (Å²) in [6, 6.07) is 0. The molecule has 5 nitrogen and oxygen atoms in total. The molecule has 6 heavy (non-hydrogen) atoms. The normalized spacial score (nSPS) is 9.67. The Morgan fingerprint density at radius 1 is 1.50 bits per heavy atom. The summed E-state index contributed by atoms with van der Waals surface area (Å²) in [5.41, 5.74) is 0. The number of hydrogen-bond donors (Lipinski definition) is 2. The molecule has 0 saturated carbocycles. The van der Waals surface area contributed by atoms with Crippen LogP contribution in [0.2, 0.25) is 0 Å². The molecule has 5 N–H and O–H groups in total. The fraction of sp³-hybridized carbons (Fsp3) is 0. The zero-order valence-corrected chi connectivity index (χ0v) is 3.57. The molecule has 0 aromatic heterocycles. The maximum absolute atomic E-state index is 8.97. The third-order valence-electron chi connectivity index (χ3n) is 0. The molecule has 0 aromatic rings. The molecular formula is H5NO4S. The fourth-order valence-corrected chi connectivity index (χ4v) is 0. The average Bonchev–Trinajstić information content (AvgIpc) is 0.722. The van der Waals surface area contributed by atoms with Crippen LogP contribution in [0.1, 0.15) is 0 Å². The van der Waals surface area contributed by atoms with Gasteiger partial charge in [-0.25, -0.2) is 5.14 Å². The minimum absolute atomic E-state index is 0. The molecule has 0 aliphatic rings. The van der Waals surface area contributed by atoms with Crippen molar-refractivity contribution in [1.29, 1.82) is 0 Å². The van der Waals surface area contributed by atoms with Gasteiger partial charge in [0.15, 0.2) is 0 Å². The molecule has 0 radical (unpaired) electrons. The van der Waals surface area contributed by atoms with Crippen molar-refractivity contribution in [3.63, 3.8) is 0 Å². The first-order valence-electron chi connectivity index (χ1n) is 0.752. The highest BCUT2D eigenvalue weighted by molar-refractivity contribution is 7.83. The van der Waals surface area contributed by atoms with Crippen molar-refractivity contribution in [1.82, 2.24) is 0 Å². The average molecular weight is 115 g/mol. The molecule has 0 spiro atoms. The minimum Gasteiger partial charge on any atom is -0.412 e. The summed E-state index contributed by atoms with van der Waals surface area (Å²) in [6.07, 6.45) is 0. The molecule has 40 valence electrons. The van der Waals surface area contributed by atoms with Crippen LogP contribution in [0.15, 0.2) is 0 Å². The largest absolute Gasteiger partial charge is 0.412 e. The standard InChI is InChI=1S/H3NO3S.H2O/c1-5(2,3)4;/h(H3,1,2,3,4);1H2. The van der Waals surface area contributed by atoms with Crippen LogP contribution in [0.3, 0.4) is 0 Å². The van der Waals surface area contributed by atoms with Crippen LogP contribution >= 0.6 is 0 Å². The molecule has 0 fully saturated rings. The third-order valence-corrected chi connectivity index (χ3v) is 0. The highest BCUT2D eigenvalue weighted by atomic mass is 32.2. The molecular weight excluding hydrogens is 110 g/mol. The van der Waals surface area contributed by atoms with Crippen molar-refractivity contribution < 1.29 is 18.4 Å². The molecule has 0 aliphatic carbocycles. The van der Waals surface area contributed by atoms with Crippen LogP contribution in [-0.2, 0) is 10.3 Å². The predicted octanol–water partition coefficient (Wildman–Crippen LogP) is -2.08. The van der Waals surface area contributed by atoms with Gasteiger partial charge in [0.25, 0.3) is 0 Å². The first-order chi connectivity index (χ1) is 2.00. The second kappa shape index (κ2) is 2.08. The second-order valence-electron chi connectivity index (χ2n) is 0.515. The first kappa shape index (κ1) is 9.27. The predicted molar refractivity (Wildman–Crippen MR) is 19.3 cm³/mol. The quantitative estimate of drug-likeness (QED) is 0.353. The molecule has 0 aromatic carbocycles. The van der Waals surface area contributed by atoms with Gasteiger partial charge in [-0.15, -0.1) is 0 Å². The van der Waals surface area contributed by atoms with Crippen molar-refractivity contribution in [3.05, 3.63) is 0 Å². The zero-order chi connectivity index (χ0) is 4.50. The van der Waals surface area contributed by atoms with Gasteiger partial charge in [0.2, 0.25) is 0 Å². The Bertz CT molecular complexity index is 90.7. The molecule has 0 saturated heterocycles. The van der Waals surface area contributed by atoms with Crippen molar-refractivity contribution in [2.45, 2.75) is 0 Å². The van der Waals surface area contributed by atoms with Gasteiger partial charge in [-0.2, -0.15) is 8.42 Å². The number of hydrogen-bond acceptors (Lipinski definition) is 2. The Hall–Kier alpha value is -0.170. The Labute approximate surface area is 35.0 Å². The lowest BCUT2D eigenvalue weighted by molar-refractivity contribution is 0.485. The highest BCUT2D eigenvalue weighted by Gasteiger charge is 1.81. The molecule has 0 aliphatic heterocycles. The molecule has 0 amide bonds. The van der Waals surface area contributed by atoms with E-state index in [9.17, 15) is 0 Å². The zero-order valence-electron chi connectivity index (χ0n) is 2.75. The van der Waals surface area contributed by atoms with Gasteiger partial charge in [0.1, 0.15) is 0 Å². The van der Waals surface area contributed by atoms with Crippen LogP contribution in [-0.4, -0.2) is 18.4 Å². The van der Waals surface area contributed by atoms with Crippen molar-refractivity contribution in [2.75, 3.05) is 0 Å². The lowest BCUT2D eigenvalue weighted by Gasteiger charge is -1.70. The van der Waals surface area contributed by atoms with Gasteiger partial charge < -0.3 is 5.48 Å². The van der Waals surface area contributed by atoms with E-state index in [0.29, 0.717) is 0 Å². The minimum atomic E-state index is -4.17. The van der Waals surface area contributed by atoms with Gasteiger partial charge in [-0.05, 0) is 0 Å². The molecule has 0 heterocycles. The summed E-state index contributed by atoms with van der Waals surface area (Å²) < 4.78 is 25.2. The Morgan fingerprint density at radius 3 is 1.50 bits per heavy atom.